The summed E-state index contributed by atoms with van der Waals surface area (Å²) in [5, 5.41) is 3.27. The Balaban J connectivity index is 2.03. The number of ether oxygens (including phenoxy) is 2. The maximum absolute atomic E-state index is 13.3. The number of hydrogen-bond acceptors (Lipinski definition) is 4. The van der Waals surface area contributed by atoms with E-state index < -0.39 is 0 Å². The average molecular weight is 393 g/mol. The third-order valence-electron chi connectivity index (χ3n) is 4.65. The van der Waals surface area contributed by atoms with Crippen LogP contribution >= 0.6 is 0 Å². The molecule has 0 aliphatic heterocycles. The number of H-pyrrole nitrogens is 1. The SMILES string of the molecule is CCOCCCN=C(C)c1c(-c2ccc(OC)cc2)[nH]n(-c2ccccc2)c1=O. The van der Waals surface area contributed by atoms with Crippen LogP contribution in [0, 0.1) is 0 Å². The van der Waals surface area contributed by atoms with Crippen molar-refractivity contribution in [3.8, 4) is 22.7 Å². The van der Waals surface area contributed by atoms with E-state index in [0.717, 1.165) is 29.1 Å². The lowest BCUT2D eigenvalue weighted by Crippen LogP contribution is -2.19. The van der Waals surface area contributed by atoms with Gasteiger partial charge in [-0.3, -0.25) is 14.9 Å². The van der Waals surface area contributed by atoms with E-state index in [-0.39, 0.29) is 5.56 Å². The van der Waals surface area contributed by atoms with Gasteiger partial charge >= 0.3 is 0 Å². The Morgan fingerprint density at radius 3 is 2.48 bits per heavy atom. The van der Waals surface area contributed by atoms with Gasteiger partial charge in [0.25, 0.3) is 5.56 Å². The molecular weight excluding hydrogens is 366 g/mol. The second kappa shape index (κ2) is 9.89. The van der Waals surface area contributed by atoms with Crippen molar-refractivity contribution in [2.45, 2.75) is 20.3 Å². The summed E-state index contributed by atoms with van der Waals surface area (Å²) in [5.41, 5.74) is 3.60. The molecule has 0 unspecified atom stereocenters. The molecule has 0 amide bonds. The quantitative estimate of drug-likeness (QED) is 0.440. The fourth-order valence-corrected chi connectivity index (χ4v) is 3.14. The minimum atomic E-state index is -0.118. The van der Waals surface area contributed by atoms with E-state index in [0.29, 0.717) is 31.0 Å². The first kappa shape index (κ1) is 20.6. The summed E-state index contributed by atoms with van der Waals surface area (Å²) in [5.74, 6) is 0.765. The molecule has 0 bridgehead atoms. The average Bonchev–Trinajstić information content (AvgIpc) is 3.11. The molecule has 1 N–H and O–H groups in total. The number of nitrogens with zero attached hydrogens (tertiary/aromatic N) is 2. The summed E-state index contributed by atoms with van der Waals surface area (Å²) in [7, 11) is 1.63. The number of rotatable bonds is 9. The molecule has 0 atom stereocenters. The lowest BCUT2D eigenvalue weighted by atomic mass is 10.0. The first-order chi connectivity index (χ1) is 14.2. The van der Waals surface area contributed by atoms with Crippen molar-refractivity contribution in [2.24, 2.45) is 4.99 Å². The van der Waals surface area contributed by atoms with E-state index in [9.17, 15) is 4.79 Å². The van der Waals surface area contributed by atoms with E-state index >= 15 is 0 Å². The molecule has 3 aromatic rings. The second-order valence-corrected chi connectivity index (χ2v) is 6.58. The normalized spacial score (nSPS) is 11.6. The molecule has 1 aromatic heterocycles. The van der Waals surface area contributed by atoms with Crippen molar-refractivity contribution in [3.63, 3.8) is 0 Å². The Bertz CT molecular complexity index is 1000. The van der Waals surface area contributed by atoms with E-state index in [1.807, 2.05) is 68.4 Å². The number of aromatic nitrogens is 2. The van der Waals surface area contributed by atoms with Gasteiger partial charge in [-0.2, -0.15) is 0 Å². The maximum atomic E-state index is 13.3. The highest BCUT2D eigenvalue weighted by atomic mass is 16.5. The molecule has 0 aliphatic carbocycles. The Kier molecular flexibility index (Phi) is 7.03. The van der Waals surface area contributed by atoms with Gasteiger partial charge in [0.2, 0.25) is 0 Å². The monoisotopic (exact) mass is 393 g/mol. The van der Waals surface area contributed by atoms with Crippen LogP contribution in [0.15, 0.2) is 64.4 Å². The number of methoxy groups -OCH3 is 1. The largest absolute Gasteiger partial charge is 0.497 e. The maximum Gasteiger partial charge on any atom is 0.280 e. The minimum Gasteiger partial charge on any atom is -0.497 e. The zero-order valence-electron chi connectivity index (χ0n) is 17.1. The highest BCUT2D eigenvalue weighted by molar-refractivity contribution is 6.03. The molecule has 0 fully saturated rings. The molecule has 29 heavy (non-hydrogen) atoms. The molecule has 0 saturated heterocycles. The third kappa shape index (κ3) is 4.84. The van der Waals surface area contributed by atoms with Crippen LogP contribution in [0.2, 0.25) is 0 Å². The number of para-hydroxylation sites is 1. The summed E-state index contributed by atoms with van der Waals surface area (Å²) in [6, 6.07) is 17.2. The van der Waals surface area contributed by atoms with Crippen molar-refractivity contribution in [1.29, 1.82) is 0 Å². The van der Waals surface area contributed by atoms with E-state index in [1.54, 1.807) is 11.8 Å². The Morgan fingerprint density at radius 1 is 1.10 bits per heavy atom. The van der Waals surface area contributed by atoms with Crippen LogP contribution in [0.5, 0.6) is 5.75 Å². The predicted molar refractivity (Wildman–Crippen MR) is 117 cm³/mol. The van der Waals surface area contributed by atoms with Gasteiger partial charge in [0, 0.05) is 31.0 Å². The zero-order chi connectivity index (χ0) is 20.6. The third-order valence-corrected chi connectivity index (χ3v) is 4.65. The first-order valence-electron chi connectivity index (χ1n) is 9.79. The summed E-state index contributed by atoms with van der Waals surface area (Å²) in [6.07, 6.45) is 0.820. The van der Waals surface area contributed by atoms with Crippen molar-refractivity contribution in [2.75, 3.05) is 26.9 Å². The van der Waals surface area contributed by atoms with Crippen molar-refractivity contribution >= 4 is 5.71 Å². The summed E-state index contributed by atoms with van der Waals surface area (Å²) in [6.45, 7) is 5.84. The number of aromatic amines is 1. The standard InChI is InChI=1S/C23H27N3O3/c1-4-29-16-8-15-24-17(2)21-22(18-11-13-20(28-3)14-12-18)25-26(23(21)27)19-9-6-5-7-10-19/h5-7,9-14,25H,4,8,15-16H2,1-3H3. The number of hydrogen-bond donors (Lipinski definition) is 1. The van der Waals surface area contributed by atoms with Gasteiger partial charge in [-0.05, 0) is 56.7 Å². The molecule has 152 valence electrons. The summed E-state index contributed by atoms with van der Waals surface area (Å²) < 4.78 is 12.2. The van der Waals surface area contributed by atoms with Crippen LogP contribution in [0.3, 0.4) is 0 Å². The van der Waals surface area contributed by atoms with Crippen molar-refractivity contribution in [1.82, 2.24) is 9.78 Å². The van der Waals surface area contributed by atoms with Gasteiger partial charge < -0.3 is 9.47 Å². The number of nitrogens with one attached hydrogen (secondary N) is 1. The van der Waals surface area contributed by atoms with E-state index in [1.165, 1.54) is 0 Å². The Hall–Kier alpha value is -3.12. The lowest BCUT2D eigenvalue weighted by Gasteiger charge is -2.05. The van der Waals surface area contributed by atoms with Gasteiger partial charge in [0.1, 0.15) is 5.75 Å². The van der Waals surface area contributed by atoms with E-state index in [2.05, 4.69) is 10.1 Å². The number of benzene rings is 2. The molecule has 6 heteroatoms. The zero-order valence-corrected chi connectivity index (χ0v) is 17.1. The molecule has 6 nitrogen and oxygen atoms in total. The van der Waals surface area contributed by atoms with Crippen LogP contribution < -0.4 is 10.3 Å². The van der Waals surface area contributed by atoms with Gasteiger partial charge in [0.15, 0.2) is 0 Å². The van der Waals surface area contributed by atoms with Crippen LogP contribution in [0.1, 0.15) is 25.8 Å². The highest BCUT2D eigenvalue weighted by Crippen LogP contribution is 2.24. The molecule has 1 heterocycles. The molecule has 3 rings (SSSR count). The second-order valence-electron chi connectivity index (χ2n) is 6.58. The van der Waals surface area contributed by atoms with E-state index in [4.69, 9.17) is 9.47 Å². The molecule has 0 aliphatic rings. The van der Waals surface area contributed by atoms with Crippen LogP contribution in [0.25, 0.3) is 16.9 Å². The summed E-state index contributed by atoms with van der Waals surface area (Å²) in [4.78, 5) is 17.9. The fraction of sp³-hybridized carbons (Fsp3) is 0.304. The smallest absolute Gasteiger partial charge is 0.280 e. The van der Waals surface area contributed by atoms with Crippen LogP contribution in [0.4, 0.5) is 0 Å². The van der Waals surface area contributed by atoms with Crippen LogP contribution in [-0.2, 0) is 4.74 Å². The Morgan fingerprint density at radius 2 is 1.83 bits per heavy atom. The topological polar surface area (TPSA) is 68.6 Å². The van der Waals surface area contributed by atoms with Gasteiger partial charge in [-0.25, -0.2) is 4.68 Å². The summed E-state index contributed by atoms with van der Waals surface area (Å²) >= 11 is 0. The lowest BCUT2D eigenvalue weighted by molar-refractivity contribution is 0.146. The van der Waals surface area contributed by atoms with Crippen molar-refractivity contribution in [3.05, 3.63) is 70.5 Å². The molecule has 0 spiro atoms. The predicted octanol–water partition coefficient (Wildman–Crippen LogP) is 4.08. The van der Waals surface area contributed by atoms with Gasteiger partial charge in [-0.15, -0.1) is 0 Å². The fourth-order valence-electron chi connectivity index (χ4n) is 3.14. The molecule has 0 radical (unpaired) electrons. The highest BCUT2D eigenvalue weighted by Gasteiger charge is 2.19. The number of aliphatic imine (C=N–C) groups is 1. The van der Waals surface area contributed by atoms with Crippen LogP contribution in [-0.4, -0.2) is 42.4 Å². The molecular formula is C23H27N3O3. The molecule has 0 saturated carbocycles. The van der Waals surface area contributed by atoms with Crippen molar-refractivity contribution < 1.29 is 9.47 Å². The first-order valence-corrected chi connectivity index (χ1v) is 9.79. The van der Waals surface area contributed by atoms with Gasteiger partial charge in [-0.1, -0.05) is 18.2 Å². The molecule has 2 aromatic carbocycles. The Labute approximate surface area is 170 Å². The minimum absolute atomic E-state index is 0.118. The van der Waals surface area contributed by atoms with Gasteiger partial charge in [0.05, 0.1) is 24.1 Å².